The number of aromatic nitrogens is 2. The molecule has 0 atom stereocenters. The quantitative estimate of drug-likeness (QED) is 0.855. The summed E-state index contributed by atoms with van der Waals surface area (Å²) in [6, 6.07) is 6.24. The largest absolute Gasteiger partial charge is 0.398 e. The number of rotatable bonds is 3. The number of nitrogen functional groups attached to an aromatic ring is 1. The fourth-order valence-electron chi connectivity index (χ4n) is 2.75. The molecule has 2 heterocycles. The molecular formula is C15H20N4. The van der Waals surface area contributed by atoms with Gasteiger partial charge >= 0.3 is 0 Å². The van der Waals surface area contributed by atoms with Crippen LogP contribution in [0.3, 0.4) is 0 Å². The van der Waals surface area contributed by atoms with E-state index < -0.39 is 0 Å². The molecule has 0 amide bonds. The lowest BCUT2D eigenvalue weighted by atomic mass is 9.98. The van der Waals surface area contributed by atoms with E-state index in [9.17, 15) is 0 Å². The van der Waals surface area contributed by atoms with Gasteiger partial charge in [-0.25, -0.2) is 0 Å². The minimum Gasteiger partial charge on any atom is -0.398 e. The van der Waals surface area contributed by atoms with Gasteiger partial charge in [-0.05, 0) is 30.5 Å². The van der Waals surface area contributed by atoms with Crippen molar-refractivity contribution in [3.8, 4) is 0 Å². The molecule has 0 saturated carbocycles. The molecule has 1 aliphatic heterocycles. The Bertz CT molecular complexity index is 573. The predicted octanol–water partition coefficient (Wildman–Crippen LogP) is 2.04. The van der Waals surface area contributed by atoms with E-state index >= 15 is 0 Å². The molecular weight excluding hydrogens is 236 g/mol. The van der Waals surface area contributed by atoms with Crippen LogP contribution >= 0.6 is 0 Å². The van der Waals surface area contributed by atoms with Crippen molar-refractivity contribution < 1.29 is 0 Å². The number of aryl methyl sites for hydroxylation is 1. The molecule has 0 unspecified atom stereocenters. The van der Waals surface area contributed by atoms with E-state index in [4.69, 9.17) is 5.73 Å². The Labute approximate surface area is 113 Å². The van der Waals surface area contributed by atoms with Gasteiger partial charge in [0.05, 0.1) is 6.20 Å². The third kappa shape index (κ3) is 2.49. The van der Waals surface area contributed by atoms with Crippen molar-refractivity contribution >= 4 is 5.69 Å². The van der Waals surface area contributed by atoms with E-state index in [2.05, 4.69) is 29.2 Å². The number of anilines is 1. The normalized spacial score (nSPS) is 15.4. The van der Waals surface area contributed by atoms with Gasteiger partial charge in [0, 0.05) is 43.6 Å². The number of fused-ring (bicyclic) bond motifs is 1. The molecule has 1 aliphatic rings. The molecule has 4 nitrogen and oxygen atoms in total. The summed E-state index contributed by atoms with van der Waals surface area (Å²) in [4.78, 5) is 2.46. The van der Waals surface area contributed by atoms with E-state index in [1.54, 1.807) is 0 Å². The summed E-state index contributed by atoms with van der Waals surface area (Å²) in [6.07, 6.45) is 5.15. The maximum absolute atomic E-state index is 6.03. The van der Waals surface area contributed by atoms with Gasteiger partial charge in [0.25, 0.3) is 0 Å². The van der Waals surface area contributed by atoms with Crippen LogP contribution in [0, 0.1) is 0 Å². The Morgan fingerprint density at radius 3 is 3.05 bits per heavy atom. The second kappa shape index (κ2) is 5.05. The van der Waals surface area contributed by atoms with E-state index in [1.807, 2.05) is 23.0 Å². The first kappa shape index (κ1) is 12.2. The second-order valence-electron chi connectivity index (χ2n) is 5.15. The Kier molecular flexibility index (Phi) is 3.25. The molecule has 1 aromatic carbocycles. The van der Waals surface area contributed by atoms with E-state index in [0.717, 1.165) is 38.3 Å². The van der Waals surface area contributed by atoms with E-state index in [0.29, 0.717) is 0 Å². The first-order valence-corrected chi connectivity index (χ1v) is 6.86. The van der Waals surface area contributed by atoms with Crippen LogP contribution in [0.4, 0.5) is 5.69 Å². The average Bonchev–Trinajstić information content (AvgIpc) is 2.86. The Morgan fingerprint density at radius 2 is 2.26 bits per heavy atom. The topological polar surface area (TPSA) is 47.1 Å². The van der Waals surface area contributed by atoms with Gasteiger partial charge in [0.2, 0.25) is 0 Å². The molecule has 2 aromatic rings. The van der Waals surface area contributed by atoms with Crippen molar-refractivity contribution in [2.24, 2.45) is 0 Å². The SMILES string of the molecule is CCn1cc(CN2CCc3c(N)cccc3C2)cn1. The lowest BCUT2D eigenvalue weighted by Crippen LogP contribution is -2.30. The first-order chi connectivity index (χ1) is 9.26. The Hall–Kier alpha value is -1.81. The number of hydrogen-bond donors (Lipinski definition) is 1. The van der Waals surface area contributed by atoms with Crippen LogP contribution in [0.1, 0.15) is 23.6 Å². The van der Waals surface area contributed by atoms with Crippen LogP contribution < -0.4 is 5.73 Å². The predicted molar refractivity (Wildman–Crippen MR) is 76.6 cm³/mol. The smallest absolute Gasteiger partial charge is 0.0534 e. The molecule has 1 aromatic heterocycles. The monoisotopic (exact) mass is 256 g/mol. The zero-order chi connectivity index (χ0) is 13.2. The third-order valence-corrected chi connectivity index (χ3v) is 3.80. The van der Waals surface area contributed by atoms with E-state index in [1.165, 1.54) is 16.7 Å². The number of benzene rings is 1. The molecule has 0 radical (unpaired) electrons. The lowest BCUT2D eigenvalue weighted by Gasteiger charge is -2.29. The van der Waals surface area contributed by atoms with Crippen molar-refractivity contribution in [2.75, 3.05) is 12.3 Å². The van der Waals surface area contributed by atoms with Gasteiger partial charge in [-0.3, -0.25) is 9.58 Å². The summed E-state index contributed by atoms with van der Waals surface area (Å²) in [5.74, 6) is 0. The van der Waals surface area contributed by atoms with Crippen molar-refractivity contribution in [2.45, 2.75) is 33.0 Å². The molecule has 2 N–H and O–H groups in total. The molecule has 3 rings (SSSR count). The van der Waals surface area contributed by atoms with Crippen LogP contribution in [0.5, 0.6) is 0 Å². The Balaban J connectivity index is 1.72. The van der Waals surface area contributed by atoms with Crippen molar-refractivity contribution in [1.29, 1.82) is 0 Å². The highest BCUT2D eigenvalue weighted by atomic mass is 15.3. The number of nitrogens with zero attached hydrogens (tertiary/aromatic N) is 3. The molecule has 100 valence electrons. The highest BCUT2D eigenvalue weighted by Gasteiger charge is 2.18. The van der Waals surface area contributed by atoms with Gasteiger partial charge in [-0.2, -0.15) is 5.10 Å². The summed E-state index contributed by atoms with van der Waals surface area (Å²) >= 11 is 0. The van der Waals surface area contributed by atoms with Crippen LogP contribution in [0.25, 0.3) is 0 Å². The zero-order valence-electron chi connectivity index (χ0n) is 11.3. The van der Waals surface area contributed by atoms with E-state index in [-0.39, 0.29) is 0 Å². The highest BCUT2D eigenvalue weighted by Crippen LogP contribution is 2.24. The zero-order valence-corrected chi connectivity index (χ0v) is 11.3. The second-order valence-corrected chi connectivity index (χ2v) is 5.15. The van der Waals surface area contributed by atoms with Gasteiger partial charge in [0.15, 0.2) is 0 Å². The van der Waals surface area contributed by atoms with Gasteiger partial charge in [-0.1, -0.05) is 12.1 Å². The third-order valence-electron chi connectivity index (χ3n) is 3.80. The molecule has 0 spiro atoms. The highest BCUT2D eigenvalue weighted by molar-refractivity contribution is 5.51. The van der Waals surface area contributed by atoms with Crippen molar-refractivity contribution in [1.82, 2.24) is 14.7 Å². The number of nitrogens with two attached hydrogens (primary N) is 1. The fourth-order valence-corrected chi connectivity index (χ4v) is 2.75. The van der Waals surface area contributed by atoms with Gasteiger partial charge in [-0.15, -0.1) is 0 Å². The summed E-state index contributed by atoms with van der Waals surface area (Å²) in [6.45, 7) is 6.06. The average molecular weight is 256 g/mol. The lowest BCUT2D eigenvalue weighted by molar-refractivity contribution is 0.246. The van der Waals surface area contributed by atoms with Crippen LogP contribution in [-0.4, -0.2) is 21.2 Å². The first-order valence-electron chi connectivity index (χ1n) is 6.86. The molecule has 0 fully saturated rings. The number of hydrogen-bond acceptors (Lipinski definition) is 3. The molecule has 0 bridgehead atoms. The minimum absolute atomic E-state index is 0.930. The van der Waals surface area contributed by atoms with Crippen molar-refractivity contribution in [3.63, 3.8) is 0 Å². The van der Waals surface area contributed by atoms with Gasteiger partial charge < -0.3 is 5.73 Å². The van der Waals surface area contributed by atoms with Crippen molar-refractivity contribution in [3.05, 3.63) is 47.3 Å². The summed E-state index contributed by atoms with van der Waals surface area (Å²) in [5.41, 5.74) is 11.0. The summed E-state index contributed by atoms with van der Waals surface area (Å²) < 4.78 is 1.98. The molecule has 19 heavy (non-hydrogen) atoms. The Morgan fingerprint density at radius 1 is 1.37 bits per heavy atom. The van der Waals surface area contributed by atoms with Gasteiger partial charge in [0.1, 0.15) is 0 Å². The van der Waals surface area contributed by atoms with Crippen LogP contribution in [0.15, 0.2) is 30.6 Å². The standard InChI is InChI=1S/C15H20N4/c1-2-19-10-12(8-17-19)9-18-7-6-14-13(11-18)4-3-5-15(14)16/h3-5,8,10H,2,6-7,9,11,16H2,1H3. The fraction of sp³-hybridized carbons (Fsp3) is 0.400. The molecule has 4 heteroatoms. The minimum atomic E-state index is 0.930. The molecule has 0 saturated heterocycles. The summed E-state index contributed by atoms with van der Waals surface area (Å²) in [7, 11) is 0. The van der Waals surface area contributed by atoms with Crippen LogP contribution in [0.2, 0.25) is 0 Å². The molecule has 0 aliphatic carbocycles. The van der Waals surface area contributed by atoms with Crippen LogP contribution in [-0.2, 0) is 26.1 Å². The summed E-state index contributed by atoms with van der Waals surface area (Å²) in [5, 5.41) is 4.33. The maximum atomic E-state index is 6.03. The maximum Gasteiger partial charge on any atom is 0.0534 e.